The maximum Gasteiger partial charge on any atom is 0.0547 e. The zero-order valence-corrected chi connectivity index (χ0v) is 36.5. The molecule has 0 unspecified atom stereocenters. The number of benzene rings is 10. The van der Waals surface area contributed by atoms with Crippen molar-refractivity contribution in [1.82, 2.24) is 4.57 Å². The Balaban J connectivity index is 1.09. The molecule has 0 saturated carbocycles. The number of fused-ring (bicyclic) bond motifs is 6. The molecule has 0 bridgehead atoms. The van der Waals surface area contributed by atoms with Crippen LogP contribution in [0.1, 0.15) is 25.0 Å². The highest BCUT2D eigenvalue weighted by molar-refractivity contribution is 6.10. The van der Waals surface area contributed by atoms with E-state index < -0.39 is 0 Å². The molecule has 0 amide bonds. The molecule has 1 aliphatic carbocycles. The lowest BCUT2D eigenvalue weighted by Gasteiger charge is -2.30. The summed E-state index contributed by atoms with van der Waals surface area (Å²) >= 11 is 0. The Hall–Kier alpha value is -8.20. The minimum atomic E-state index is -0.115. The lowest BCUT2D eigenvalue weighted by atomic mass is 9.82. The second-order valence-corrected chi connectivity index (χ2v) is 17.7. The van der Waals surface area contributed by atoms with Gasteiger partial charge in [-0.2, -0.15) is 0 Å². The van der Waals surface area contributed by atoms with Crippen molar-refractivity contribution in [3.63, 3.8) is 0 Å². The summed E-state index contributed by atoms with van der Waals surface area (Å²) in [6, 6.07) is 88.9. The van der Waals surface area contributed by atoms with Crippen LogP contribution in [0, 0.1) is 0 Å². The van der Waals surface area contributed by atoms with E-state index in [1.807, 2.05) is 0 Å². The molecule has 2 nitrogen and oxygen atoms in total. The Morgan fingerprint density at radius 1 is 0.338 bits per heavy atom. The van der Waals surface area contributed by atoms with E-state index in [4.69, 9.17) is 0 Å². The summed E-state index contributed by atoms with van der Waals surface area (Å²) in [6.45, 7) is 4.72. The first-order chi connectivity index (χ1) is 32.0. The highest BCUT2D eigenvalue weighted by atomic mass is 15.1. The van der Waals surface area contributed by atoms with Gasteiger partial charge in [-0.05, 0) is 116 Å². The van der Waals surface area contributed by atoms with Gasteiger partial charge in [0.15, 0.2) is 0 Å². The molecule has 10 aromatic carbocycles. The molecular formula is C63H46N2. The van der Waals surface area contributed by atoms with Gasteiger partial charge in [0.1, 0.15) is 0 Å². The van der Waals surface area contributed by atoms with Crippen molar-refractivity contribution in [2.45, 2.75) is 19.3 Å². The van der Waals surface area contributed by atoms with Gasteiger partial charge in [-0.3, -0.25) is 0 Å². The average molecular weight is 831 g/mol. The Labute approximate surface area is 381 Å². The number of anilines is 3. The van der Waals surface area contributed by atoms with Gasteiger partial charge in [-0.25, -0.2) is 0 Å². The lowest BCUT2D eigenvalue weighted by molar-refractivity contribution is 0.660. The van der Waals surface area contributed by atoms with Crippen LogP contribution in [0.3, 0.4) is 0 Å². The van der Waals surface area contributed by atoms with Gasteiger partial charge in [-0.1, -0.05) is 202 Å². The van der Waals surface area contributed by atoms with Crippen molar-refractivity contribution < 1.29 is 0 Å². The quantitative estimate of drug-likeness (QED) is 0.148. The first-order valence-electron chi connectivity index (χ1n) is 22.6. The minimum absolute atomic E-state index is 0.115. The van der Waals surface area contributed by atoms with Gasteiger partial charge in [0.05, 0.1) is 16.7 Å². The molecule has 1 aromatic heterocycles. The van der Waals surface area contributed by atoms with Crippen molar-refractivity contribution in [2.24, 2.45) is 0 Å². The van der Waals surface area contributed by atoms with E-state index in [0.717, 1.165) is 33.9 Å². The Morgan fingerprint density at radius 3 is 1.71 bits per heavy atom. The average Bonchev–Trinajstić information content (AvgIpc) is 3.83. The summed E-state index contributed by atoms with van der Waals surface area (Å²) < 4.78 is 2.40. The molecule has 1 aliphatic rings. The fraction of sp³-hybridized carbons (Fsp3) is 0.0476. The number of para-hydroxylation sites is 3. The van der Waals surface area contributed by atoms with Crippen molar-refractivity contribution in [3.8, 4) is 61.3 Å². The van der Waals surface area contributed by atoms with Crippen LogP contribution >= 0.6 is 0 Å². The van der Waals surface area contributed by atoms with Crippen LogP contribution < -0.4 is 4.90 Å². The van der Waals surface area contributed by atoms with Gasteiger partial charge >= 0.3 is 0 Å². The van der Waals surface area contributed by atoms with E-state index in [-0.39, 0.29) is 5.41 Å². The third kappa shape index (κ3) is 6.40. The molecule has 0 radical (unpaired) electrons. The van der Waals surface area contributed by atoms with Crippen LogP contribution in [0.4, 0.5) is 17.1 Å². The third-order valence-electron chi connectivity index (χ3n) is 13.6. The van der Waals surface area contributed by atoms with Gasteiger partial charge in [0, 0.05) is 38.8 Å². The van der Waals surface area contributed by atoms with E-state index in [1.54, 1.807) is 0 Å². The molecule has 0 spiro atoms. The summed E-state index contributed by atoms with van der Waals surface area (Å²) in [7, 11) is 0. The highest BCUT2D eigenvalue weighted by Gasteiger charge is 2.37. The maximum atomic E-state index is 2.48. The summed E-state index contributed by atoms with van der Waals surface area (Å²) in [5.74, 6) is 0. The normalized spacial score (nSPS) is 12.6. The first-order valence-corrected chi connectivity index (χ1v) is 22.6. The van der Waals surface area contributed by atoms with Crippen LogP contribution in [0.15, 0.2) is 243 Å². The van der Waals surface area contributed by atoms with Crippen LogP contribution in [0.5, 0.6) is 0 Å². The summed E-state index contributed by atoms with van der Waals surface area (Å²) in [5.41, 5.74) is 21.6. The maximum absolute atomic E-state index is 2.48. The molecule has 0 N–H and O–H groups in total. The fourth-order valence-electron chi connectivity index (χ4n) is 10.5. The molecule has 12 rings (SSSR count). The molecular weight excluding hydrogens is 785 g/mol. The predicted octanol–water partition coefficient (Wildman–Crippen LogP) is 17.2. The van der Waals surface area contributed by atoms with Crippen molar-refractivity contribution >= 4 is 38.9 Å². The summed E-state index contributed by atoms with van der Waals surface area (Å²) in [4.78, 5) is 2.48. The molecule has 11 aromatic rings. The molecule has 2 heteroatoms. The minimum Gasteiger partial charge on any atom is -0.310 e. The Morgan fingerprint density at radius 2 is 0.908 bits per heavy atom. The molecule has 65 heavy (non-hydrogen) atoms. The molecule has 1 heterocycles. The zero-order valence-electron chi connectivity index (χ0n) is 36.5. The number of hydrogen-bond acceptors (Lipinski definition) is 1. The molecule has 0 atom stereocenters. The number of hydrogen-bond donors (Lipinski definition) is 0. The fourth-order valence-corrected chi connectivity index (χ4v) is 10.5. The third-order valence-corrected chi connectivity index (χ3v) is 13.6. The molecule has 0 aliphatic heterocycles. The standard InChI is InChI=1S/C63H46N2/c1-63(2)57-32-15-12-30-55(57)62-54(31-19-33-58(62)63)52-29-14-16-34-59(52)64(49-37-39-50(43-20-6-3-7-21-43)56(42-49)44-22-8-4-9-23-44)48-27-18-24-45(40-48)46-36-38-53-51-28-13-17-35-60(51)65(61(53)41-46)47-25-10-5-11-26-47/h3-42H,1-2H3. The SMILES string of the molecule is CC1(C)c2ccccc2-c2c(-c3ccccc3N(c3cccc(-c4ccc5c6ccccc6n(-c6ccccc6)c5c4)c3)c3ccc(-c4ccccc4)c(-c4ccccc4)c3)cccc21. The largest absolute Gasteiger partial charge is 0.310 e. The van der Waals surface area contributed by atoms with Gasteiger partial charge < -0.3 is 9.47 Å². The van der Waals surface area contributed by atoms with Crippen molar-refractivity contribution in [2.75, 3.05) is 4.90 Å². The Kier molecular flexibility index (Phi) is 9.21. The van der Waals surface area contributed by atoms with E-state index in [1.165, 1.54) is 77.4 Å². The van der Waals surface area contributed by atoms with E-state index >= 15 is 0 Å². The van der Waals surface area contributed by atoms with Crippen LogP contribution in [-0.4, -0.2) is 4.57 Å². The van der Waals surface area contributed by atoms with Crippen LogP contribution in [0.2, 0.25) is 0 Å². The highest BCUT2D eigenvalue weighted by Crippen LogP contribution is 2.54. The predicted molar refractivity (Wildman–Crippen MR) is 275 cm³/mol. The van der Waals surface area contributed by atoms with E-state index in [0.29, 0.717) is 0 Å². The van der Waals surface area contributed by atoms with Crippen LogP contribution in [0.25, 0.3) is 83.1 Å². The monoisotopic (exact) mass is 830 g/mol. The number of rotatable bonds is 8. The van der Waals surface area contributed by atoms with E-state index in [9.17, 15) is 0 Å². The smallest absolute Gasteiger partial charge is 0.0547 e. The second kappa shape index (κ2) is 15.6. The first kappa shape index (κ1) is 38.5. The van der Waals surface area contributed by atoms with Gasteiger partial charge in [-0.15, -0.1) is 0 Å². The number of aromatic nitrogens is 1. The van der Waals surface area contributed by atoms with Crippen molar-refractivity contribution in [3.05, 3.63) is 254 Å². The molecule has 0 saturated heterocycles. The van der Waals surface area contributed by atoms with Crippen LogP contribution in [-0.2, 0) is 5.41 Å². The lowest BCUT2D eigenvalue weighted by Crippen LogP contribution is -2.15. The topological polar surface area (TPSA) is 8.17 Å². The molecule has 308 valence electrons. The Bertz CT molecular complexity index is 3560. The summed E-state index contributed by atoms with van der Waals surface area (Å²) in [6.07, 6.45) is 0. The second-order valence-electron chi connectivity index (χ2n) is 17.7. The zero-order chi connectivity index (χ0) is 43.5. The molecule has 0 fully saturated rings. The van der Waals surface area contributed by atoms with Gasteiger partial charge in [0.2, 0.25) is 0 Å². The summed E-state index contributed by atoms with van der Waals surface area (Å²) in [5, 5.41) is 2.49. The number of nitrogens with zero attached hydrogens (tertiary/aromatic N) is 2. The van der Waals surface area contributed by atoms with E-state index in [2.05, 4.69) is 266 Å². The van der Waals surface area contributed by atoms with Gasteiger partial charge in [0.25, 0.3) is 0 Å². The van der Waals surface area contributed by atoms with Crippen molar-refractivity contribution in [1.29, 1.82) is 0 Å².